The van der Waals surface area contributed by atoms with Gasteiger partial charge in [-0.15, -0.1) is 13.2 Å². The number of hydrogen-bond donors (Lipinski definition) is 1. The minimum Gasteiger partial charge on any atom is -0.443 e. The molecule has 2 aromatic rings. The molecule has 1 aromatic heterocycles. The molecule has 27 heavy (non-hydrogen) atoms. The number of fused-ring (bicyclic) bond motifs is 1. The fourth-order valence-electron chi connectivity index (χ4n) is 2.47. The Balaban J connectivity index is 1.55. The van der Waals surface area contributed by atoms with Gasteiger partial charge in [0.1, 0.15) is 24.7 Å². The molecule has 1 aromatic carbocycles. The van der Waals surface area contributed by atoms with E-state index in [9.17, 15) is 23.2 Å². The molecule has 8 nitrogen and oxygen atoms in total. The van der Waals surface area contributed by atoms with Crippen LogP contribution in [0.1, 0.15) is 12.5 Å². The number of hydrogen-bond acceptors (Lipinski definition) is 6. The molecule has 2 heterocycles. The summed E-state index contributed by atoms with van der Waals surface area (Å²) in [7, 11) is 0. The lowest BCUT2D eigenvalue weighted by molar-refractivity contribution is -0.553. The van der Waals surface area contributed by atoms with Crippen LogP contribution in [0, 0.1) is 4.91 Å². The van der Waals surface area contributed by atoms with Gasteiger partial charge in [-0.2, -0.15) is 0 Å². The van der Waals surface area contributed by atoms with E-state index in [1.165, 1.54) is 37.4 Å². The number of nitrogens with zero attached hydrogens (tertiary/aromatic N) is 3. The zero-order chi connectivity index (χ0) is 19.6. The first kappa shape index (κ1) is 19.1. The maximum atomic E-state index is 12.1. The van der Waals surface area contributed by atoms with Crippen molar-refractivity contribution in [3.05, 3.63) is 40.9 Å². The molecule has 0 saturated carbocycles. The molecule has 146 valence electrons. The molecule has 1 aliphatic rings. The fourth-order valence-corrected chi connectivity index (χ4v) is 2.47. The molecular formula is C16H17F3N3O5+. The van der Waals surface area contributed by atoms with Crippen LogP contribution < -0.4 is 9.47 Å². The maximum Gasteiger partial charge on any atom is 0.573 e. The van der Waals surface area contributed by atoms with E-state index in [4.69, 9.17) is 9.47 Å². The first-order valence-electron chi connectivity index (χ1n) is 8.02. The third-order valence-corrected chi connectivity index (χ3v) is 3.73. The number of alkyl halides is 3. The van der Waals surface area contributed by atoms with E-state index in [2.05, 4.69) is 9.72 Å². The molecule has 1 N–H and O–H groups in total. The summed E-state index contributed by atoms with van der Waals surface area (Å²) >= 11 is 0. The van der Waals surface area contributed by atoms with Gasteiger partial charge in [0, 0.05) is 16.7 Å². The van der Waals surface area contributed by atoms with Gasteiger partial charge in [0.05, 0.1) is 13.2 Å². The minimum absolute atomic E-state index is 0.0286. The summed E-state index contributed by atoms with van der Waals surface area (Å²) in [6.07, 6.45) is -4.85. The van der Waals surface area contributed by atoms with Crippen molar-refractivity contribution < 1.29 is 37.2 Å². The lowest BCUT2D eigenvalue weighted by Gasteiger charge is -2.22. The average Bonchev–Trinajstić information content (AvgIpc) is 3.02. The first-order valence-corrected chi connectivity index (χ1v) is 8.02. The van der Waals surface area contributed by atoms with Crippen molar-refractivity contribution in [1.82, 2.24) is 9.55 Å². The highest BCUT2D eigenvalue weighted by Gasteiger charge is 2.32. The van der Waals surface area contributed by atoms with Crippen LogP contribution >= 0.6 is 0 Å². The Labute approximate surface area is 151 Å². The molecule has 0 fully saturated rings. The van der Waals surface area contributed by atoms with Gasteiger partial charge >= 0.3 is 18.2 Å². The molecule has 0 amide bonds. The Morgan fingerprint density at radius 3 is 2.74 bits per heavy atom. The topological polar surface area (TPSA) is 85.8 Å². The van der Waals surface area contributed by atoms with Gasteiger partial charge in [0.2, 0.25) is 6.23 Å². The quantitative estimate of drug-likeness (QED) is 0.605. The Bertz CT molecular complexity index is 805. The molecule has 0 aliphatic carbocycles. The van der Waals surface area contributed by atoms with Crippen LogP contribution in [0.3, 0.4) is 0 Å². The number of nitroso groups, excluding NO2 is 1. The summed E-state index contributed by atoms with van der Waals surface area (Å²) in [5.41, 5.74) is 0.668. The zero-order valence-electron chi connectivity index (χ0n) is 14.2. The van der Waals surface area contributed by atoms with Crippen molar-refractivity contribution >= 4 is 5.82 Å². The van der Waals surface area contributed by atoms with Crippen molar-refractivity contribution in [2.45, 2.75) is 38.8 Å². The third-order valence-electron chi connectivity index (χ3n) is 3.73. The third kappa shape index (κ3) is 4.95. The summed E-state index contributed by atoms with van der Waals surface area (Å²) in [6.45, 7) is 2.08. The Hall–Kier alpha value is -2.66. The van der Waals surface area contributed by atoms with Gasteiger partial charge in [-0.3, -0.25) is 4.57 Å². The van der Waals surface area contributed by atoms with Crippen LogP contribution in [0.2, 0.25) is 0 Å². The number of benzene rings is 1. The zero-order valence-corrected chi connectivity index (χ0v) is 14.2. The fraction of sp³-hybridized carbons (Fsp3) is 0.438. The smallest absolute Gasteiger partial charge is 0.443 e. The molecule has 0 bridgehead atoms. The van der Waals surface area contributed by atoms with Gasteiger partial charge in [0.15, 0.2) is 0 Å². The lowest BCUT2D eigenvalue weighted by Crippen LogP contribution is -2.32. The summed E-state index contributed by atoms with van der Waals surface area (Å²) in [5.74, 6) is -0.274. The summed E-state index contributed by atoms with van der Waals surface area (Å²) < 4.78 is 53.3. The van der Waals surface area contributed by atoms with Crippen molar-refractivity contribution in [2.24, 2.45) is 0 Å². The number of aliphatic hydroxyl groups is 1. The van der Waals surface area contributed by atoms with E-state index in [-0.39, 0.29) is 36.9 Å². The van der Waals surface area contributed by atoms with Crippen molar-refractivity contribution in [3.63, 3.8) is 0 Å². The minimum atomic E-state index is -4.73. The molecular weight excluding hydrogens is 371 g/mol. The second-order valence-electron chi connectivity index (χ2n) is 5.93. The lowest BCUT2D eigenvalue weighted by atomic mass is 10.2. The van der Waals surface area contributed by atoms with Gasteiger partial charge in [-0.25, -0.2) is 0 Å². The van der Waals surface area contributed by atoms with E-state index in [0.29, 0.717) is 16.9 Å². The van der Waals surface area contributed by atoms with Gasteiger partial charge in [0.25, 0.3) is 0 Å². The number of halogens is 3. The monoisotopic (exact) mass is 388 g/mol. The standard InChI is InChI=1S/C16H17F3N3O5/c1-10(23)22(24)14-7-21-6-13(9-26-15(21)20-14)25-8-11-2-4-12(5-3-11)27-16(17,18)19/h2-5,7,10,13,23H,6,8-9H2,1H3/q+1. The molecule has 2 unspecified atom stereocenters. The number of imidazole rings is 1. The molecule has 3 rings (SSSR count). The van der Waals surface area contributed by atoms with E-state index in [1.54, 1.807) is 4.57 Å². The second kappa shape index (κ2) is 7.53. The SMILES string of the molecule is CC(O)[N+](=O)c1cn2c(n1)OCC(OCc1ccc(OC(F)(F)F)cc1)C2. The average molecular weight is 388 g/mol. The Morgan fingerprint density at radius 2 is 2.11 bits per heavy atom. The highest BCUT2D eigenvalue weighted by Crippen LogP contribution is 2.25. The first-order chi connectivity index (χ1) is 12.7. The van der Waals surface area contributed by atoms with Crippen molar-refractivity contribution in [2.75, 3.05) is 6.61 Å². The van der Waals surface area contributed by atoms with Gasteiger partial charge in [-0.05, 0) is 17.7 Å². The molecule has 11 heteroatoms. The summed E-state index contributed by atoms with van der Waals surface area (Å²) in [6, 6.07) is 5.62. The van der Waals surface area contributed by atoms with E-state index < -0.39 is 12.6 Å². The molecule has 0 saturated heterocycles. The Morgan fingerprint density at radius 1 is 1.41 bits per heavy atom. The molecule has 0 spiro atoms. The normalized spacial score (nSPS) is 17.7. The molecule has 0 radical (unpaired) electrons. The highest BCUT2D eigenvalue weighted by molar-refractivity contribution is 5.27. The number of aromatic nitrogens is 2. The van der Waals surface area contributed by atoms with Crippen LogP contribution in [0.5, 0.6) is 11.8 Å². The van der Waals surface area contributed by atoms with E-state index in [0.717, 1.165) is 0 Å². The van der Waals surface area contributed by atoms with Crippen LogP contribution in [0.15, 0.2) is 30.5 Å². The van der Waals surface area contributed by atoms with Crippen molar-refractivity contribution in [3.8, 4) is 11.8 Å². The van der Waals surface area contributed by atoms with Crippen LogP contribution in [0.25, 0.3) is 0 Å². The molecule has 1 aliphatic heterocycles. The van der Waals surface area contributed by atoms with E-state index in [1.807, 2.05) is 0 Å². The largest absolute Gasteiger partial charge is 0.573 e. The van der Waals surface area contributed by atoms with Crippen LogP contribution in [0.4, 0.5) is 19.0 Å². The number of ether oxygens (including phenoxy) is 3. The van der Waals surface area contributed by atoms with Crippen LogP contribution in [-0.4, -0.2) is 44.7 Å². The predicted octanol–water partition coefficient (Wildman–Crippen LogP) is 2.51. The van der Waals surface area contributed by atoms with Gasteiger partial charge < -0.3 is 19.3 Å². The summed E-state index contributed by atoms with van der Waals surface area (Å²) in [5, 5.41) is 9.31. The van der Waals surface area contributed by atoms with Crippen molar-refractivity contribution in [1.29, 1.82) is 0 Å². The van der Waals surface area contributed by atoms with Gasteiger partial charge in [-0.1, -0.05) is 17.0 Å². The van der Waals surface area contributed by atoms with E-state index >= 15 is 0 Å². The predicted molar refractivity (Wildman–Crippen MR) is 84.4 cm³/mol. The Kier molecular flexibility index (Phi) is 5.33. The highest BCUT2D eigenvalue weighted by atomic mass is 19.4. The molecule has 2 atom stereocenters. The number of rotatable bonds is 6. The summed E-state index contributed by atoms with van der Waals surface area (Å²) in [4.78, 5) is 15.7. The van der Waals surface area contributed by atoms with Crippen LogP contribution in [-0.2, 0) is 17.9 Å². The number of aliphatic hydroxyl groups excluding tert-OH is 1. The maximum absolute atomic E-state index is 12.1. The second-order valence-corrected chi connectivity index (χ2v) is 5.93.